The lowest BCUT2D eigenvalue weighted by molar-refractivity contribution is -0.150. The van der Waals surface area contributed by atoms with Gasteiger partial charge in [-0.3, -0.25) is 14.5 Å². The van der Waals surface area contributed by atoms with Crippen LogP contribution in [0.1, 0.15) is 12.0 Å². The Labute approximate surface area is 145 Å². The fourth-order valence-corrected chi connectivity index (χ4v) is 3.47. The number of aliphatic carboxylic acids is 2. The van der Waals surface area contributed by atoms with E-state index in [9.17, 15) is 19.5 Å². The summed E-state index contributed by atoms with van der Waals surface area (Å²) >= 11 is 12.0. The van der Waals surface area contributed by atoms with Crippen molar-refractivity contribution in [3.05, 3.63) is 39.8 Å². The highest BCUT2D eigenvalue weighted by atomic mass is 35.5. The number of carboxylic acid groups (broad SMARTS) is 2. The summed E-state index contributed by atoms with van der Waals surface area (Å²) < 4.78 is 0.00181. The van der Waals surface area contributed by atoms with Gasteiger partial charge in [0.05, 0.1) is 11.3 Å². The van der Waals surface area contributed by atoms with Crippen molar-refractivity contribution in [1.29, 1.82) is 0 Å². The average Bonchev–Trinajstić information content (AvgIpc) is 2.73. The van der Waals surface area contributed by atoms with Gasteiger partial charge >= 0.3 is 11.9 Å². The molecule has 1 aliphatic heterocycles. The number of halogens is 1. The molecular formula is C14H10ClNO5S2. The normalized spacial score (nSPS) is 17.6. The number of carbonyl (C=O) groups excluding carboxylic acids is 1. The lowest BCUT2D eigenvalue weighted by atomic mass is 10.1. The highest BCUT2D eigenvalue weighted by Gasteiger charge is 2.41. The predicted molar refractivity (Wildman–Crippen MR) is 90.1 cm³/mol. The summed E-state index contributed by atoms with van der Waals surface area (Å²) in [6.07, 6.45) is 0.766. The van der Waals surface area contributed by atoms with Gasteiger partial charge in [0, 0.05) is 5.02 Å². The third kappa shape index (κ3) is 3.90. The van der Waals surface area contributed by atoms with E-state index in [1.54, 1.807) is 24.3 Å². The second-order valence-corrected chi connectivity index (χ2v) is 6.61. The van der Waals surface area contributed by atoms with Gasteiger partial charge in [-0.1, -0.05) is 53.8 Å². The molecule has 1 unspecified atom stereocenters. The molecule has 0 spiro atoms. The Morgan fingerprint density at radius 2 is 2.00 bits per heavy atom. The zero-order chi connectivity index (χ0) is 17.1. The lowest BCUT2D eigenvalue weighted by Gasteiger charge is -2.21. The minimum Gasteiger partial charge on any atom is -0.481 e. The maximum absolute atomic E-state index is 12.4. The fourth-order valence-electron chi connectivity index (χ4n) is 1.94. The van der Waals surface area contributed by atoms with Gasteiger partial charge in [-0.2, -0.15) is 0 Å². The molecule has 0 bridgehead atoms. The van der Waals surface area contributed by atoms with Crippen molar-refractivity contribution in [2.24, 2.45) is 0 Å². The number of thioether (sulfide) groups is 1. The van der Waals surface area contributed by atoms with Gasteiger partial charge in [-0.25, -0.2) is 4.79 Å². The molecular weight excluding hydrogens is 362 g/mol. The first kappa shape index (κ1) is 17.5. The Bertz CT molecular complexity index is 734. The number of hydrogen-bond acceptors (Lipinski definition) is 5. The third-order valence-electron chi connectivity index (χ3n) is 2.98. The SMILES string of the molecule is O=C(O)CC(C(=O)O)N1C(=O)C(=Cc2ccccc2Cl)SC1=S. The van der Waals surface area contributed by atoms with Crippen molar-refractivity contribution in [2.75, 3.05) is 0 Å². The van der Waals surface area contributed by atoms with Crippen LogP contribution < -0.4 is 0 Å². The third-order valence-corrected chi connectivity index (χ3v) is 4.65. The molecule has 0 radical (unpaired) electrons. The lowest BCUT2D eigenvalue weighted by Crippen LogP contribution is -2.45. The minimum atomic E-state index is -1.54. The number of carboxylic acids is 2. The first-order chi connectivity index (χ1) is 10.8. The molecule has 1 aliphatic rings. The van der Waals surface area contributed by atoms with Crippen LogP contribution in [0, 0.1) is 0 Å². The zero-order valence-corrected chi connectivity index (χ0v) is 13.8. The minimum absolute atomic E-state index is 0.00181. The summed E-state index contributed by atoms with van der Waals surface area (Å²) in [5, 5.41) is 18.4. The molecule has 23 heavy (non-hydrogen) atoms. The van der Waals surface area contributed by atoms with Crippen molar-refractivity contribution >= 4 is 63.8 Å². The molecule has 120 valence electrons. The molecule has 1 atom stereocenters. The second kappa shape index (κ2) is 7.12. The molecule has 2 rings (SSSR count). The molecule has 6 nitrogen and oxygen atoms in total. The quantitative estimate of drug-likeness (QED) is 0.606. The predicted octanol–water partition coefficient (Wildman–Crippen LogP) is 2.47. The van der Waals surface area contributed by atoms with Gasteiger partial charge in [0.2, 0.25) is 0 Å². The van der Waals surface area contributed by atoms with E-state index in [1.807, 2.05) is 0 Å². The Hall–Kier alpha value is -1.90. The van der Waals surface area contributed by atoms with Crippen LogP contribution in [-0.4, -0.2) is 43.3 Å². The number of amides is 1. The summed E-state index contributed by atoms with van der Waals surface area (Å²) in [6.45, 7) is 0. The van der Waals surface area contributed by atoms with Crippen molar-refractivity contribution in [2.45, 2.75) is 12.5 Å². The highest BCUT2D eigenvalue weighted by molar-refractivity contribution is 8.26. The second-order valence-electron chi connectivity index (χ2n) is 4.53. The Morgan fingerprint density at radius 3 is 2.57 bits per heavy atom. The van der Waals surface area contributed by atoms with Crippen LogP contribution >= 0.6 is 35.6 Å². The average molecular weight is 372 g/mol. The zero-order valence-electron chi connectivity index (χ0n) is 11.4. The van der Waals surface area contributed by atoms with Gasteiger partial charge in [-0.05, 0) is 17.7 Å². The largest absolute Gasteiger partial charge is 0.481 e. The Kier molecular flexibility index (Phi) is 5.40. The van der Waals surface area contributed by atoms with E-state index >= 15 is 0 Å². The number of hydrogen-bond donors (Lipinski definition) is 2. The fraction of sp³-hybridized carbons (Fsp3) is 0.143. The molecule has 1 amide bonds. The standard InChI is InChI=1S/C14H10ClNO5S2/c15-8-4-2-1-3-7(8)5-10-12(19)16(14(22)23-10)9(13(20)21)6-11(17)18/h1-5,9H,6H2,(H,17,18)(H,20,21). The molecule has 1 aromatic rings. The van der Waals surface area contributed by atoms with Crippen molar-refractivity contribution in [1.82, 2.24) is 4.90 Å². The Balaban J connectivity index is 2.34. The van der Waals surface area contributed by atoms with Crippen LogP contribution in [0.4, 0.5) is 0 Å². The topological polar surface area (TPSA) is 94.9 Å². The first-order valence-electron chi connectivity index (χ1n) is 6.27. The molecule has 0 aliphatic carbocycles. The summed E-state index contributed by atoms with van der Waals surface area (Å²) in [6, 6.07) is 5.28. The molecule has 0 aromatic heterocycles. The monoisotopic (exact) mass is 371 g/mol. The molecule has 2 N–H and O–H groups in total. The number of benzene rings is 1. The van der Waals surface area contributed by atoms with Gasteiger partial charge < -0.3 is 10.2 Å². The molecule has 1 aromatic carbocycles. The van der Waals surface area contributed by atoms with E-state index in [0.29, 0.717) is 10.6 Å². The number of carbonyl (C=O) groups is 3. The highest BCUT2D eigenvalue weighted by Crippen LogP contribution is 2.35. The van der Waals surface area contributed by atoms with E-state index in [-0.39, 0.29) is 9.23 Å². The first-order valence-corrected chi connectivity index (χ1v) is 7.87. The van der Waals surface area contributed by atoms with Crippen LogP contribution in [-0.2, 0) is 14.4 Å². The number of thiocarbonyl (C=S) groups is 1. The van der Waals surface area contributed by atoms with Crippen LogP contribution in [0.15, 0.2) is 29.2 Å². The summed E-state index contributed by atoms with van der Waals surface area (Å²) in [4.78, 5) is 35.5. The van der Waals surface area contributed by atoms with E-state index in [2.05, 4.69) is 0 Å². The smallest absolute Gasteiger partial charge is 0.327 e. The summed E-state index contributed by atoms with van der Waals surface area (Å²) in [7, 11) is 0. The van der Waals surface area contributed by atoms with Gasteiger partial charge in [-0.15, -0.1) is 0 Å². The van der Waals surface area contributed by atoms with Crippen molar-refractivity contribution in [3.8, 4) is 0 Å². The van der Waals surface area contributed by atoms with Crippen LogP contribution in [0.25, 0.3) is 6.08 Å². The van der Waals surface area contributed by atoms with Gasteiger partial charge in [0.25, 0.3) is 5.91 Å². The molecule has 1 heterocycles. The summed E-state index contributed by atoms with van der Waals surface area (Å²) in [5.74, 6) is -3.40. The number of rotatable bonds is 5. The number of nitrogens with zero attached hydrogens (tertiary/aromatic N) is 1. The summed E-state index contributed by atoms with van der Waals surface area (Å²) in [5.41, 5.74) is 0.583. The van der Waals surface area contributed by atoms with Crippen molar-refractivity contribution < 1.29 is 24.6 Å². The Morgan fingerprint density at radius 1 is 1.35 bits per heavy atom. The van der Waals surface area contributed by atoms with E-state index in [4.69, 9.17) is 28.9 Å². The van der Waals surface area contributed by atoms with Crippen LogP contribution in [0.5, 0.6) is 0 Å². The molecule has 9 heteroatoms. The van der Waals surface area contributed by atoms with E-state index < -0.39 is 30.3 Å². The molecule has 1 fully saturated rings. The molecule has 0 saturated carbocycles. The maximum atomic E-state index is 12.4. The maximum Gasteiger partial charge on any atom is 0.327 e. The van der Waals surface area contributed by atoms with E-state index in [1.165, 1.54) is 6.08 Å². The van der Waals surface area contributed by atoms with Gasteiger partial charge in [0.15, 0.2) is 0 Å². The van der Waals surface area contributed by atoms with Crippen molar-refractivity contribution in [3.63, 3.8) is 0 Å². The van der Waals surface area contributed by atoms with E-state index in [0.717, 1.165) is 16.7 Å². The van der Waals surface area contributed by atoms with Crippen LogP contribution in [0.3, 0.4) is 0 Å². The molecule has 1 saturated heterocycles. The van der Waals surface area contributed by atoms with Gasteiger partial charge in [0.1, 0.15) is 10.4 Å². The van der Waals surface area contributed by atoms with Crippen LogP contribution in [0.2, 0.25) is 5.02 Å².